The summed E-state index contributed by atoms with van der Waals surface area (Å²) in [6, 6.07) is 9.71. The van der Waals surface area contributed by atoms with Crippen LogP contribution in [0.5, 0.6) is 5.75 Å². The minimum atomic E-state index is -0.131. The van der Waals surface area contributed by atoms with Crippen LogP contribution in [0.15, 0.2) is 35.7 Å². The van der Waals surface area contributed by atoms with Crippen LogP contribution in [0.25, 0.3) is 9.40 Å². The van der Waals surface area contributed by atoms with Gasteiger partial charge in [0.1, 0.15) is 5.75 Å². The van der Waals surface area contributed by atoms with E-state index in [0.29, 0.717) is 5.02 Å². The van der Waals surface area contributed by atoms with Gasteiger partial charge in [-0.15, -0.1) is 22.7 Å². The van der Waals surface area contributed by atoms with E-state index >= 15 is 0 Å². The molecule has 0 aliphatic heterocycles. The number of methoxy groups -OCH3 is 1. The summed E-state index contributed by atoms with van der Waals surface area (Å²) in [6.07, 6.45) is 0. The molecule has 3 N–H and O–H groups in total. The van der Waals surface area contributed by atoms with Gasteiger partial charge in [-0.1, -0.05) is 11.6 Å². The molecule has 0 saturated carbocycles. The van der Waals surface area contributed by atoms with Crippen LogP contribution in [-0.2, 0) is 0 Å². The van der Waals surface area contributed by atoms with Crippen molar-refractivity contribution in [1.29, 1.82) is 0 Å². The summed E-state index contributed by atoms with van der Waals surface area (Å²) in [7, 11) is 1.65. The minimum absolute atomic E-state index is 0.131. The van der Waals surface area contributed by atoms with E-state index < -0.39 is 0 Å². The van der Waals surface area contributed by atoms with Crippen LogP contribution < -0.4 is 16.0 Å². The van der Waals surface area contributed by atoms with Crippen molar-refractivity contribution in [2.24, 2.45) is 5.84 Å². The summed E-state index contributed by atoms with van der Waals surface area (Å²) in [6.45, 7) is 0. The summed E-state index contributed by atoms with van der Waals surface area (Å²) < 4.78 is 7.95. The number of rotatable bonds is 4. The molecule has 0 bridgehead atoms. The second kappa shape index (κ2) is 5.71. The molecular weight excluding hydrogens is 312 g/mol. The largest absolute Gasteiger partial charge is 0.496 e. The van der Waals surface area contributed by atoms with Crippen molar-refractivity contribution in [3.8, 4) is 5.75 Å². The van der Waals surface area contributed by atoms with E-state index in [2.05, 4.69) is 22.9 Å². The summed E-state index contributed by atoms with van der Waals surface area (Å²) in [5, 5.41) is 2.76. The normalized spacial score (nSPS) is 12.8. The highest BCUT2D eigenvalue weighted by atomic mass is 35.5. The smallest absolute Gasteiger partial charge is 0.124 e. The van der Waals surface area contributed by atoms with Gasteiger partial charge in [-0.3, -0.25) is 5.84 Å². The van der Waals surface area contributed by atoms with Crippen molar-refractivity contribution in [2.75, 3.05) is 7.11 Å². The zero-order valence-corrected chi connectivity index (χ0v) is 13.1. The van der Waals surface area contributed by atoms with Crippen molar-refractivity contribution < 1.29 is 4.74 Å². The van der Waals surface area contributed by atoms with E-state index in [0.717, 1.165) is 16.2 Å². The fourth-order valence-electron chi connectivity index (χ4n) is 2.18. The number of halogens is 1. The Bertz CT molecular complexity index is 709. The van der Waals surface area contributed by atoms with Crippen molar-refractivity contribution in [3.63, 3.8) is 0 Å². The van der Waals surface area contributed by atoms with Crippen LogP contribution in [0.3, 0.4) is 0 Å². The van der Waals surface area contributed by atoms with Gasteiger partial charge in [0.05, 0.1) is 13.2 Å². The summed E-state index contributed by atoms with van der Waals surface area (Å²) in [4.78, 5) is 1.15. The molecule has 1 unspecified atom stereocenters. The fraction of sp³-hybridized carbons (Fsp3) is 0.143. The van der Waals surface area contributed by atoms with Crippen LogP contribution in [0.2, 0.25) is 5.02 Å². The molecule has 0 fully saturated rings. The molecule has 104 valence electrons. The third-order valence-electron chi connectivity index (χ3n) is 3.11. The molecule has 20 heavy (non-hydrogen) atoms. The summed E-state index contributed by atoms with van der Waals surface area (Å²) in [5.74, 6) is 6.53. The number of benzene rings is 1. The lowest BCUT2D eigenvalue weighted by atomic mass is 10.0. The maximum Gasteiger partial charge on any atom is 0.124 e. The molecule has 0 saturated heterocycles. The molecule has 3 nitrogen and oxygen atoms in total. The van der Waals surface area contributed by atoms with Gasteiger partial charge in [0.2, 0.25) is 0 Å². The van der Waals surface area contributed by atoms with Gasteiger partial charge < -0.3 is 4.74 Å². The Morgan fingerprint density at radius 2 is 2.10 bits per heavy atom. The Hall–Kier alpha value is -1.11. The lowest BCUT2D eigenvalue weighted by molar-refractivity contribution is 0.404. The number of nitrogens with one attached hydrogen (secondary N) is 1. The van der Waals surface area contributed by atoms with Gasteiger partial charge in [-0.2, -0.15) is 0 Å². The fourth-order valence-corrected chi connectivity index (χ4v) is 4.56. The Morgan fingerprint density at radius 3 is 2.80 bits per heavy atom. The van der Waals surface area contributed by atoms with E-state index in [1.54, 1.807) is 29.8 Å². The van der Waals surface area contributed by atoms with E-state index in [1.807, 2.05) is 18.2 Å². The number of thiophene rings is 2. The Labute approximate surface area is 129 Å². The third kappa shape index (κ3) is 2.43. The van der Waals surface area contributed by atoms with Crippen LogP contribution in [0.1, 0.15) is 16.5 Å². The van der Waals surface area contributed by atoms with Gasteiger partial charge in [0.15, 0.2) is 0 Å². The molecule has 3 rings (SSSR count). The van der Waals surface area contributed by atoms with E-state index in [9.17, 15) is 0 Å². The van der Waals surface area contributed by atoms with Gasteiger partial charge >= 0.3 is 0 Å². The highest BCUT2D eigenvalue weighted by molar-refractivity contribution is 7.27. The molecular formula is C14H13ClN2OS2. The van der Waals surface area contributed by atoms with Gasteiger partial charge in [0, 0.05) is 24.9 Å². The SMILES string of the molecule is COc1ccc(Cl)cc1C(NN)c1cc2sccc2s1. The maximum absolute atomic E-state index is 6.10. The molecule has 0 radical (unpaired) electrons. The Kier molecular flexibility index (Phi) is 3.96. The standard InChI is InChI=1S/C14H13ClN2OS2/c1-18-10-3-2-8(15)6-9(10)14(17-16)13-7-12-11(20-13)4-5-19-12/h2-7,14,17H,16H2,1H3. The number of hydrogen-bond donors (Lipinski definition) is 2. The molecule has 0 amide bonds. The molecule has 2 heterocycles. The Balaban J connectivity index is 2.09. The van der Waals surface area contributed by atoms with Gasteiger partial charge in [-0.05, 0) is 35.7 Å². The lowest BCUT2D eigenvalue weighted by Crippen LogP contribution is -2.28. The molecule has 2 aromatic heterocycles. The second-order valence-electron chi connectivity index (χ2n) is 4.28. The molecule has 3 aromatic rings. The van der Waals surface area contributed by atoms with Crippen LogP contribution in [-0.4, -0.2) is 7.11 Å². The second-order valence-corrected chi connectivity index (χ2v) is 6.78. The first-order chi connectivity index (χ1) is 9.72. The average molecular weight is 325 g/mol. The number of fused-ring (bicyclic) bond motifs is 1. The number of hydrogen-bond acceptors (Lipinski definition) is 5. The zero-order chi connectivity index (χ0) is 14.1. The first-order valence-corrected chi connectivity index (χ1v) is 8.07. The lowest BCUT2D eigenvalue weighted by Gasteiger charge is -2.18. The number of hydrazine groups is 1. The molecule has 1 aromatic carbocycles. The van der Waals surface area contributed by atoms with Crippen molar-refractivity contribution >= 4 is 43.7 Å². The predicted molar refractivity (Wildman–Crippen MR) is 86.9 cm³/mol. The first-order valence-electron chi connectivity index (χ1n) is 5.99. The Morgan fingerprint density at radius 1 is 1.25 bits per heavy atom. The first kappa shape index (κ1) is 13.9. The number of ether oxygens (including phenoxy) is 1. The predicted octanol–water partition coefficient (Wildman–Crippen LogP) is 4.18. The summed E-state index contributed by atoms with van der Waals surface area (Å²) >= 11 is 9.56. The molecule has 0 aliphatic carbocycles. The van der Waals surface area contributed by atoms with Gasteiger partial charge in [0.25, 0.3) is 0 Å². The van der Waals surface area contributed by atoms with Crippen molar-refractivity contribution in [1.82, 2.24) is 5.43 Å². The third-order valence-corrected chi connectivity index (χ3v) is 5.51. The van der Waals surface area contributed by atoms with E-state index in [4.69, 9.17) is 22.2 Å². The molecule has 6 heteroatoms. The van der Waals surface area contributed by atoms with E-state index in [-0.39, 0.29) is 6.04 Å². The average Bonchev–Trinajstić information content (AvgIpc) is 3.01. The minimum Gasteiger partial charge on any atom is -0.496 e. The van der Waals surface area contributed by atoms with Gasteiger partial charge in [-0.25, -0.2) is 5.43 Å². The highest BCUT2D eigenvalue weighted by Crippen LogP contribution is 2.38. The quantitative estimate of drug-likeness (QED) is 0.559. The van der Waals surface area contributed by atoms with Crippen molar-refractivity contribution in [2.45, 2.75) is 6.04 Å². The monoisotopic (exact) mass is 324 g/mol. The molecule has 0 aliphatic rings. The zero-order valence-electron chi connectivity index (χ0n) is 10.7. The highest BCUT2D eigenvalue weighted by Gasteiger charge is 2.20. The number of nitrogens with two attached hydrogens (primary N) is 1. The van der Waals surface area contributed by atoms with Crippen LogP contribution >= 0.6 is 34.3 Å². The van der Waals surface area contributed by atoms with Crippen LogP contribution in [0, 0.1) is 0 Å². The molecule has 1 atom stereocenters. The molecule has 0 spiro atoms. The van der Waals surface area contributed by atoms with Crippen LogP contribution in [0.4, 0.5) is 0 Å². The topological polar surface area (TPSA) is 47.3 Å². The summed E-state index contributed by atoms with van der Waals surface area (Å²) in [5.41, 5.74) is 3.80. The van der Waals surface area contributed by atoms with Crippen molar-refractivity contribution in [3.05, 3.63) is 51.2 Å². The maximum atomic E-state index is 6.10. The van der Waals surface area contributed by atoms with E-state index in [1.165, 1.54) is 9.40 Å².